The van der Waals surface area contributed by atoms with Gasteiger partial charge in [0, 0.05) is 14.6 Å². The maximum absolute atomic E-state index is 5.44. The smallest absolute Gasteiger partial charge is 0.170 e. The van der Waals surface area contributed by atoms with Crippen LogP contribution in [0.15, 0.2) is 24.3 Å². The van der Waals surface area contributed by atoms with Gasteiger partial charge in [-0.15, -0.1) is 0 Å². The molecule has 0 spiro atoms. The number of rotatable bonds is 6. The van der Waals surface area contributed by atoms with E-state index < -0.39 is 0 Å². The zero-order chi connectivity index (χ0) is 15.1. The van der Waals surface area contributed by atoms with Crippen LogP contribution in [0.4, 0.5) is 5.69 Å². The second kappa shape index (κ2) is 8.38. The van der Waals surface area contributed by atoms with Crippen LogP contribution in [0.3, 0.4) is 0 Å². The van der Waals surface area contributed by atoms with Crippen LogP contribution in [0, 0.1) is 0 Å². The zero-order valence-electron chi connectivity index (χ0n) is 13.3. The molecule has 0 amide bonds. The first-order valence-corrected chi connectivity index (χ1v) is 8.81. The highest BCUT2D eigenvalue weighted by Crippen LogP contribution is 2.26. The first kappa shape index (κ1) is 16.3. The van der Waals surface area contributed by atoms with Gasteiger partial charge in [-0.25, -0.2) is 0 Å². The van der Waals surface area contributed by atoms with Crippen molar-refractivity contribution in [1.82, 2.24) is 5.32 Å². The lowest BCUT2D eigenvalue weighted by atomic mass is 9.92. The van der Waals surface area contributed by atoms with E-state index in [1.807, 2.05) is 0 Å². The van der Waals surface area contributed by atoms with E-state index in [0.29, 0.717) is 12.0 Å². The Morgan fingerprint density at radius 1 is 1.33 bits per heavy atom. The van der Waals surface area contributed by atoms with E-state index in [1.54, 1.807) is 0 Å². The van der Waals surface area contributed by atoms with Crippen LogP contribution in [0.5, 0.6) is 0 Å². The highest BCUT2D eigenvalue weighted by atomic mass is 32.1. The lowest BCUT2D eigenvalue weighted by Gasteiger charge is -2.18. The maximum atomic E-state index is 5.44. The van der Waals surface area contributed by atoms with E-state index >= 15 is 0 Å². The average molecular weight is 309 g/mol. The van der Waals surface area contributed by atoms with Crippen molar-refractivity contribution < 1.29 is 2.85 Å². The topological polar surface area (TPSA) is 24.1 Å². The van der Waals surface area contributed by atoms with Gasteiger partial charge in [0.25, 0.3) is 0 Å². The van der Waals surface area contributed by atoms with Crippen molar-refractivity contribution in [3.05, 3.63) is 29.8 Å². The molecule has 1 aliphatic carbocycles. The van der Waals surface area contributed by atoms with E-state index in [0.717, 1.165) is 10.8 Å². The van der Waals surface area contributed by atoms with Gasteiger partial charge in [-0.2, -0.15) is 0 Å². The summed E-state index contributed by atoms with van der Waals surface area (Å²) in [5.41, 5.74) is 2.53. The molecular weight excluding hydrogens is 276 g/mol. The molecule has 0 aliphatic heterocycles. The van der Waals surface area contributed by atoms with Gasteiger partial charge in [0.2, 0.25) is 0 Å². The van der Waals surface area contributed by atoms with E-state index in [-0.39, 0.29) is 2.85 Å². The predicted molar refractivity (Wildman–Crippen MR) is 100 cm³/mol. The van der Waals surface area contributed by atoms with Crippen molar-refractivity contribution in [3.63, 3.8) is 0 Å². The fraction of sp³-hybridized carbons (Fsp3) is 0.611. The van der Waals surface area contributed by atoms with Gasteiger partial charge in [0.15, 0.2) is 5.11 Å². The van der Waals surface area contributed by atoms with Gasteiger partial charge in [0.1, 0.15) is 0 Å². The summed E-state index contributed by atoms with van der Waals surface area (Å²) in [6.45, 7) is 4.53. The molecule has 1 aromatic rings. The molecule has 0 radical (unpaired) electrons. The van der Waals surface area contributed by atoms with Gasteiger partial charge >= 0.3 is 0 Å². The van der Waals surface area contributed by atoms with Gasteiger partial charge in [-0.3, -0.25) is 0 Å². The van der Waals surface area contributed by atoms with Crippen molar-refractivity contribution in [2.75, 3.05) is 5.32 Å². The minimum absolute atomic E-state index is 0. The van der Waals surface area contributed by atoms with Crippen LogP contribution < -0.4 is 10.6 Å². The summed E-state index contributed by atoms with van der Waals surface area (Å²) in [5, 5.41) is 7.55. The molecule has 2 rings (SSSR count). The van der Waals surface area contributed by atoms with Crippen LogP contribution in [0.2, 0.25) is 0 Å². The van der Waals surface area contributed by atoms with Crippen molar-refractivity contribution in [3.8, 4) is 0 Å². The van der Waals surface area contributed by atoms with Gasteiger partial charge < -0.3 is 10.6 Å². The standard InChI is InChI=1S/C18H28N2S.2H2/c1-3-8-14(4-2)15-9-7-12-17(13-15)20-18(21)19-16-10-5-6-11-16;;/h7,9,12-14,16H,3-6,8,10-11H2,1-2H3,(H2,19,20,21);2*1H. The van der Waals surface area contributed by atoms with Gasteiger partial charge in [-0.1, -0.05) is 45.2 Å². The highest BCUT2D eigenvalue weighted by molar-refractivity contribution is 7.80. The Kier molecular flexibility index (Phi) is 6.50. The summed E-state index contributed by atoms with van der Waals surface area (Å²) in [7, 11) is 0. The molecule has 120 valence electrons. The third-order valence-electron chi connectivity index (χ3n) is 4.44. The molecule has 0 aromatic heterocycles. The Morgan fingerprint density at radius 2 is 2.10 bits per heavy atom. The van der Waals surface area contributed by atoms with Gasteiger partial charge in [-0.05, 0) is 61.5 Å². The minimum atomic E-state index is 0. The summed E-state index contributed by atoms with van der Waals surface area (Å²) >= 11 is 5.44. The van der Waals surface area contributed by atoms with Crippen molar-refractivity contribution in [2.45, 2.75) is 70.8 Å². The number of hydrogen-bond acceptors (Lipinski definition) is 1. The van der Waals surface area contributed by atoms with E-state index in [1.165, 1.54) is 50.5 Å². The monoisotopic (exact) mass is 308 g/mol. The third-order valence-corrected chi connectivity index (χ3v) is 4.66. The SMILES string of the molecule is CCCC(CC)c1cccc(NC(=S)NC2CCCC2)c1.[HH].[HH]. The summed E-state index contributed by atoms with van der Waals surface area (Å²) in [6, 6.07) is 9.30. The molecule has 3 heteroatoms. The molecule has 0 heterocycles. The first-order valence-electron chi connectivity index (χ1n) is 8.40. The molecular formula is C18H32N2S. The number of hydrogen-bond donors (Lipinski definition) is 2. The lowest BCUT2D eigenvalue weighted by Crippen LogP contribution is -2.35. The van der Waals surface area contributed by atoms with Crippen LogP contribution >= 0.6 is 12.2 Å². The molecule has 1 fully saturated rings. The predicted octanol–water partition coefficient (Wildman–Crippen LogP) is 5.70. The normalized spacial score (nSPS) is 16.7. The zero-order valence-corrected chi connectivity index (χ0v) is 14.1. The van der Waals surface area contributed by atoms with E-state index in [9.17, 15) is 0 Å². The van der Waals surface area contributed by atoms with Gasteiger partial charge in [0.05, 0.1) is 0 Å². The molecule has 1 aliphatic rings. The summed E-state index contributed by atoms with van der Waals surface area (Å²) in [5.74, 6) is 0.660. The second-order valence-corrected chi connectivity index (χ2v) is 6.51. The van der Waals surface area contributed by atoms with Crippen LogP contribution in [-0.4, -0.2) is 11.2 Å². The van der Waals surface area contributed by atoms with E-state index in [2.05, 4.69) is 48.7 Å². The van der Waals surface area contributed by atoms with Crippen molar-refractivity contribution >= 4 is 23.0 Å². The van der Waals surface area contributed by atoms with Crippen molar-refractivity contribution in [1.29, 1.82) is 0 Å². The number of nitrogens with one attached hydrogen (secondary N) is 2. The summed E-state index contributed by atoms with van der Waals surface area (Å²) in [6.07, 6.45) is 8.83. The molecule has 0 saturated heterocycles. The minimum Gasteiger partial charge on any atom is -0.360 e. The maximum Gasteiger partial charge on any atom is 0.170 e. The van der Waals surface area contributed by atoms with Crippen molar-refractivity contribution in [2.24, 2.45) is 0 Å². The molecule has 1 atom stereocenters. The molecule has 1 unspecified atom stereocenters. The number of thiocarbonyl (C=S) groups is 1. The Balaban J connectivity index is 0.00000242. The Morgan fingerprint density at radius 3 is 2.76 bits per heavy atom. The van der Waals surface area contributed by atoms with Crippen LogP contribution in [0.1, 0.15) is 73.1 Å². The summed E-state index contributed by atoms with van der Waals surface area (Å²) < 4.78 is 0. The van der Waals surface area contributed by atoms with E-state index in [4.69, 9.17) is 12.2 Å². The fourth-order valence-electron chi connectivity index (χ4n) is 3.25. The fourth-order valence-corrected chi connectivity index (χ4v) is 3.53. The number of anilines is 1. The molecule has 2 N–H and O–H groups in total. The highest BCUT2D eigenvalue weighted by Gasteiger charge is 2.15. The molecule has 1 aromatic carbocycles. The first-order chi connectivity index (χ1) is 10.2. The molecule has 0 bridgehead atoms. The molecule has 1 saturated carbocycles. The Labute approximate surface area is 137 Å². The lowest BCUT2D eigenvalue weighted by molar-refractivity contribution is 0.596. The average Bonchev–Trinajstić information content (AvgIpc) is 2.97. The molecule has 21 heavy (non-hydrogen) atoms. The third kappa shape index (κ3) is 4.99. The molecule has 2 nitrogen and oxygen atoms in total. The van der Waals surface area contributed by atoms with Crippen LogP contribution in [-0.2, 0) is 0 Å². The Bertz CT molecular complexity index is 462. The largest absolute Gasteiger partial charge is 0.360 e. The second-order valence-electron chi connectivity index (χ2n) is 6.10. The Hall–Kier alpha value is -1.09. The quantitative estimate of drug-likeness (QED) is 0.659. The summed E-state index contributed by atoms with van der Waals surface area (Å²) in [4.78, 5) is 0. The number of benzene rings is 1. The van der Waals surface area contributed by atoms with Crippen LogP contribution in [0.25, 0.3) is 0 Å².